The Kier molecular flexibility index (Phi) is 3.50. The van der Waals surface area contributed by atoms with E-state index in [9.17, 15) is 0 Å². The first-order valence-corrected chi connectivity index (χ1v) is 4.63. The van der Waals surface area contributed by atoms with Crippen molar-refractivity contribution >= 4 is 0 Å². The van der Waals surface area contributed by atoms with E-state index in [0.717, 1.165) is 19.4 Å². The van der Waals surface area contributed by atoms with Gasteiger partial charge in [0.25, 0.3) is 0 Å². The van der Waals surface area contributed by atoms with Crippen LogP contribution in [0.3, 0.4) is 0 Å². The summed E-state index contributed by atoms with van der Waals surface area (Å²) in [7, 11) is 0. The van der Waals surface area contributed by atoms with Gasteiger partial charge in [-0.25, -0.2) is 5.90 Å². The highest BCUT2D eigenvalue weighted by Crippen LogP contribution is 2.23. The first-order valence-electron chi connectivity index (χ1n) is 4.63. The molecule has 0 aliphatic carbocycles. The van der Waals surface area contributed by atoms with Crippen molar-refractivity contribution < 1.29 is 9.57 Å². The molecule has 0 aromatic carbocycles. The largest absolute Gasteiger partial charge is 0.378 e. The monoisotopic (exact) mass is 173 g/mol. The fraction of sp³-hybridized carbons (Fsp3) is 1.00. The second-order valence-electron chi connectivity index (χ2n) is 4.07. The van der Waals surface area contributed by atoms with E-state index < -0.39 is 0 Å². The molecule has 0 saturated carbocycles. The Hall–Kier alpha value is -0.120. The lowest BCUT2D eigenvalue weighted by atomic mass is 9.96. The van der Waals surface area contributed by atoms with Gasteiger partial charge < -0.3 is 4.74 Å². The molecular formula is C9H19NO2. The van der Waals surface area contributed by atoms with Gasteiger partial charge in [-0.2, -0.15) is 0 Å². The molecular weight excluding hydrogens is 154 g/mol. The van der Waals surface area contributed by atoms with E-state index in [0.29, 0.717) is 6.10 Å². The normalized spacial score (nSPS) is 25.8. The summed E-state index contributed by atoms with van der Waals surface area (Å²) in [6.45, 7) is 4.88. The van der Waals surface area contributed by atoms with E-state index in [-0.39, 0.29) is 5.60 Å². The van der Waals surface area contributed by atoms with E-state index in [2.05, 4.69) is 0 Å². The van der Waals surface area contributed by atoms with Crippen LogP contribution in [0, 0.1) is 0 Å². The Balaban J connectivity index is 2.28. The molecule has 1 saturated heterocycles. The number of hydrogen-bond acceptors (Lipinski definition) is 3. The SMILES string of the molecule is CC(C)(CC1CCCCO1)ON. The van der Waals surface area contributed by atoms with Gasteiger partial charge in [0.2, 0.25) is 0 Å². The van der Waals surface area contributed by atoms with Crippen LogP contribution in [0.25, 0.3) is 0 Å². The molecule has 1 rings (SSSR count). The summed E-state index contributed by atoms with van der Waals surface area (Å²) in [6.07, 6.45) is 4.85. The smallest absolute Gasteiger partial charge is 0.0862 e. The molecule has 1 heterocycles. The molecule has 12 heavy (non-hydrogen) atoms. The summed E-state index contributed by atoms with van der Waals surface area (Å²) in [5.74, 6) is 5.17. The van der Waals surface area contributed by atoms with Gasteiger partial charge in [0.15, 0.2) is 0 Å². The van der Waals surface area contributed by atoms with Crippen LogP contribution in [0.2, 0.25) is 0 Å². The average molecular weight is 173 g/mol. The predicted octanol–water partition coefficient (Wildman–Crippen LogP) is 1.61. The zero-order chi connectivity index (χ0) is 9.03. The molecule has 0 aromatic heterocycles. The molecule has 0 bridgehead atoms. The van der Waals surface area contributed by atoms with Crippen LogP contribution in [0.15, 0.2) is 0 Å². The lowest BCUT2D eigenvalue weighted by molar-refractivity contribution is -0.0789. The summed E-state index contributed by atoms with van der Waals surface area (Å²) in [5.41, 5.74) is -0.248. The molecule has 1 atom stereocenters. The molecule has 72 valence electrons. The van der Waals surface area contributed by atoms with Crippen molar-refractivity contribution in [1.82, 2.24) is 0 Å². The first-order chi connectivity index (χ1) is 5.64. The van der Waals surface area contributed by atoms with Crippen LogP contribution in [0.5, 0.6) is 0 Å². The van der Waals surface area contributed by atoms with E-state index in [4.69, 9.17) is 15.5 Å². The van der Waals surface area contributed by atoms with Crippen molar-refractivity contribution in [2.75, 3.05) is 6.61 Å². The molecule has 1 unspecified atom stereocenters. The Bertz CT molecular complexity index is 130. The fourth-order valence-electron chi connectivity index (χ4n) is 1.56. The topological polar surface area (TPSA) is 44.5 Å². The van der Waals surface area contributed by atoms with Crippen LogP contribution in [-0.4, -0.2) is 18.3 Å². The van der Waals surface area contributed by atoms with Gasteiger partial charge in [-0.15, -0.1) is 0 Å². The molecule has 1 aliphatic heterocycles. The van der Waals surface area contributed by atoms with Crippen LogP contribution in [-0.2, 0) is 9.57 Å². The standard InChI is InChI=1S/C9H19NO2/c1-9(2,12-10)7-8-5-3-4-6-11-8/h8H,3-7,10H2,1-2H3. The zero-order valence-electron chi connectivity index (χ0n) is 8.01. The third-order valence-corrected chi connectivity index (χ3v) is 2.31. The van der Waals surface area contributed by atoms with Crippen LogP contribution >= 0.6 is 0 Å². The Morgan fingerprint density at radius 3 is 2.75 bits per heavy atom. The predicted molar refractivity (Wildman–Crippen MR) is 47.6 cm³/mol. The van der Waals surface area contributed by atoms with Crippen molar-refractivity contribution in [3.63, 3.8) is 0 Å². The van der Waals surface area contributed by atoms with Gasteiger partial charge in [-0.05, 0) is 33.1 Å². The molecule has 1 fully saturated rings. The third-order valence-electron chi connectivity index (χ3n) is 2.31. The van der Waals surface area contributed by atoms with Crippen molar-refractivity contribution in [2.45, 2.75) is 51.2 Å². The first kappa shape index (κ1) is 9.96. The quantitative estimate of drug-likeness (QED) is 0.659. The van der Waals surface area contributed by atoms with E-state index in [1.54, 1.807) is 0 Å². The Morgan fingerprint density at radius 2 is 2.25 bits per heavy atom. The van der Waals surface area contributed by atoms with Gasteiger partial charge in [-0.3, -0.25) is 4.84 Å². The zero-order valence-corrected chi connectivity index (χ0v) is 8.01. The van der Waals surface area contributed by atoms with E-state index in [1.165, 1.54) is 12.8 Å². The van der Waals surface area contributed by atoms with Crippen molar-refractivity contribution in [3.05, 3.63) is 0 Å². The Morgan fingerprint density at radius 1 is 1.50 bits per heavy atom. The molecule has 1 aliphatic rings. The summed E-state index contributed by atoms with van der Waals surface area (Å²) in [4.78, 5) is 4.86. The minimum absolute atomic E-state index is 0.248. The molecule has 0 amide bonds. The molecule has 3 heteroatoms. The molecule has 0 spiro atoms. The minimum atomic E-state index is -0.248. The van der Waals surface area contributed by atoms with E-state index in [1.807, 2.05) is 13.8 Å². The highest BCUT2D eigenvalue weighted by molar-refractivity contribution is 4.75. The van der Waals surface area contributed by atoms with Crippen LogP contribution in [0.1, 0.15) is 39.5 Å². The van der Waals surface area contributed by atoms with Gasteiger partial charge in [0.05, 0.1) is 11.7 Å². The minimum Gasteiger partial charge on any atom is -0.378 e. The third kappa shape index (κ3) is 3.09. The maximum atomic E-state index is 5.58. The lowest BCUT2D eigenvalue weighted by Crippen LogP contribution is -2.35. The van der Waals surface area contributed by atoms with Crippen LogP contribution < -0.4 is 5.90 Å². The fourth-order valence-corrected chi connectivity index (χ4v) is 1.56. The maximum absolute atomic E-state index is 5.58. The number of hydrogen-bond donors (Lipinski definition) is 1. The van der Waals surface area contributed by atoms with Crippen molar-refractivity contribution in [2.24, 2.45) is 5.90 Å². The lowest BCUT2D eigenvalue weighted by Gasteiger charge is -2.30. The van der Waals surface area contributed by atoms with Gasteiger partial charge in [0, 0.05) is 13.0 Å². The highest BCUT2D eigenvalue weighted by atomic mass is 16.6. The van der Waals surface area contributed by atoms with E-state index >= 15 is 0 Å². The van der Waals surface area contributed by atoms with Crippen molar-refractivity contribution in [1.29, 1.82) is 0 Å². The second-order valence-corrected chi connectivity index (χ2v) is 4.07. The summed E-state index contributed by atoms with van der Waals surface area (Å²) in [6, 6.07) is 0. The summed E-state index contributed by atoms with van der Waals surface area (Å²) < 4.78 is 5.58. The summed E-state index contributed by atoms with van der Waals surface area (Å²) in [5, 5.41) is 0. The molecule has 0 aromatic rings. The molecule has 0 radical (unpaired) electrons. The van der Waals surface area contributed by atoms with Gasteiger partial charge >= 0.3 is 0 Å². The number of rotatable bonds is 3. The summed E-state index contributed by atoms with van der Waals surface area (Å²) >= 11 is 0. The molecule has 2 N–H and O–H groups in total. The molecule has 3 nitrogen and oxygen atoms in total. The second kappa shape index (κ2) is 4.21. The van der Waals surface area contributed by atoms with Gasteiger partial charge in [-0.1, -0.05) is 0 Å². The van der Waals surface area contributed by atoms with Gasteiger partial charge in [0.1, 0.15) is 0 Å². The highest BCUT2D eigenvalue weighted by Gasteiger charge is 2.25. The average Bonchev–Trinajstić information content (AvgIpc) is 2.06. The Labute approximate surface area is 74.2 Å². The van der Waals surface area contributed by atoms with Crippen LogP contribution in [0.4, 0.5) is 0 Å². The maximum Gasteiger partial charge on any atom is 0.0862 e. The number of nitrogens with two attached hydrogens (primary N) is 1. The van der Waals surface area contributed by atoms with Crippen molar-refractivity contribution in [3.8, 4) is 0 Å². The number of ether oxygens (including phenoxy) is 1.